The molecule has 0 amide bonds. The number of fused-ring (bicyclic) bond motifs is 1. The first-order valence-electron chi connectivity index (χ1n) is 6.82. The summed E-state index contributed by atoms with van der Waals surface area (Å²) in [5.41, 5.74) is 3.91. The Labute approximate surface area is 127 Å². The number of rotatable bonds is 5. The minimum Gasteiger partial charge on any atom is -0.383 e. The molecule has 0 saturated carbocycles. The van der Waals surface area contributed by atoms with Crippen LogP contribution in [0.1, 0.15) is 23.6 Å². The molecule has 5 heteroatoms. The van der Waals surface area contributed by atoms with Crippen molar-refractivity contribution in [1.82, 2.24) is 9.78 Å². The van der Waals surface area contributed by atoms with Gasteiger partial charge >= 0.3 is 0 Å². The molecule has 0 saturated heterocycles. The molecule has 0 aliphatic heterocycles. The molecule has 2 aromatic rings. The molecule has 3 rings (SSSR count). The van der Waals surface area contributed by atoms with Gasteiger partial charge in [0.15, 0.2) is 0 Å². The number of methoxy groups -OCH3 is 1. The Hall–Kier alpha value is -1.33. The fraction of sp³-hybridized carbons (Fsp3) is 0.400. The fourth-order valence-electron chi connectivity index (χ4n) is 2.68. The molecule has 1 aromatic heterocycles. The third-order valence-electron chi connectivity index (χ3n) is 3.68. The van der Waals surface area contributed by atoms with Gasteiger partial charge in [-0.2, -0.15) is 5.10 Å². The number of hydrogen-bond acceptors (Lipinski definition) is 3. The van der Waals surface area contributed by atoms with Crippen LogP contribution in [-0.4, -0.2) is 23.5 Å². The highest BCUT2D eigenvalue weighted by molar-refractivity contribution is 9.10. The minimum atomic E-state index is 0.387. The van der Waals surface area contributed by atoms with Crippen LogP contribution in [0.3, 0.4) is 0 Å². The van der Waals surface area contributed by atoms with E-state index in [-0.39, 0.29) is 0 Å². The number of nitrogens with zero attached hydrogens (tertiary/aromatic N) is 2. The van der Waals surface area contributed by atoms with Crippen LogP contribution in [0.25, 0.3) is 0 Å². The Morgan fingerprint density at radius 1 is 1.50 bits per heavy atom. The molecule has 1 unspecified atom stereocenters. The average molecular weight is 336 g/mol. The lowest BCUT2D eigenvalue weighted by molar-refractivity contribution is 0.183. The Balaban J connectivity index is 1.69. The second-order valence-electron chi connectivity index (χ2n) is 5.06. The molecule has 1 aliphatic rings. The van der Waals surface area contributed by atoms with E-state index in [0.29, 0.717) is 12.6 Å². The second kappa shape index (κ2) is 5.97. The van der Waals surface area contributed by atoms with E-state index in [0.717, 1.165) is 29.5 Å². The highest BCUT2D eigenvalue weighted by Crippen LogP contribution is 2.35. The van der Waals surface area contributed by atoms with E-state index in [1.165, 1.54) is 11.1 Å². The van der Waals surface area contributed by atoms with E-state index in [2.05, 4.69) is 44.5 Å². The molecule has 1 N–H and O–H groups in total. The van der Waals surface area contributed by atoms with Gasteiger partial charge in [0.2, 0.25) is 0 Å². The van der Waals surface area contributed by atoms with Crippen molar-refractivity contribution < 1.29 is 4.74 Å². The third kappa shape index (κ3) is 2.88. The molecular weight excluding hydrogens is 318 g/mol. The maximum atomic E-state index is 5.06. The monoisotopic (exact) mass is 335 g/mol. The van der Waals surface area contributed by atoms with E-state index < -0.39 is 0 Å². The highest BCUT2D eigenvalue weighted by atomic mass is 79.9. The first kappa shape index (κ1) is 13.6. The molecular formula is C15H18BrN3O. The van der Waals surface area contributed by atoms with Crippen molar-refractivity contribution in [2.45, 2.75) is 25.4 Å². The van der Waals surface area contributed by atoms with Crippen LogP contribution in [0.4, 0.5) is 5.69 Å². The number of ether oxygens (including phenoxy) is 1. The van der Waals surface area contributed by atoms with Crippen molar-refractivity contribution in [3.8, 4) is 0 Å². The van der Waals surface area contributed by atoms with Gasteiger partial charge in [-0.15, -0.1) is 0 Å². The Morgan fingerprint density at radius 3 is 3.25 bits per heavy atom. The van der Waals surface area contributed by atoms with Gasteiger partial charge in [0, 0.05) is 17.8 Å². The van der Waals surface area contributed by atoms with Gasteiger partial charge in [0.25, 0.3) is 0 Å². The Morgan fingerprint density at radius 2 is 2.40 bits per heavy atom. The Bertz CT molecular complexity index is 597. The van der Waals surface area contributed by atoms with Crippen molar-refractivity contribution >= 4 is 21.6 Å². The molecule has 0 radical (unpaired) electrons. The number of benzene rings is 1. The van der Waals surface area contributed by atoms with Crippen LogP contribution in [0.15, 0.2) is 35.1 Å². The summed E-state index contributed by atoms with van der Waals surface area (Å²) < 4.78 is 8.12. The minimum absolute atomic E-state index is 0.387. The van der Waals surface area contributed by atoms with Crippen molar-refractivity contribution in [1.29, 1.82) is 0 Å². The molecule has 1 heterocycles. The van der Waals surface area contributed by atoms with Crippen LogP contribution in [-0.2, 0) is 17.7 Å². The van der Waals surface area contributed by atoms with Gasteiger partial charge < -0.3 is 10.1 Å². The average Bonchev–Trinajstić information content (AvgIpc) is 3.04. The van der Waals surface area contributed by atoms with Crippen LogP contribution in [0, 0.1) is 0 Å². The summed E-state index contributed by atoms with van der Waals surface area (Å²) in [5, 5.41) is 7.91. The van der Waals surface area contributed by atoms with E-state index in [4.69, 9.17) is 4.74 Å². The zero-order valence-corrected chi connectivity index (χ0v) is 13.1. The molecule has 1 aromatic carbocycles. The van der Waals surface area contributed by atoms with Gasteiger partial charge in [-0.3, -0.25) is 4.68 Å². The summed E-state index contributed by atoms with van der Waals surface area (Å²) in [4.78, 5) is 0. The molecule has 1 atom stereocenters. The zero-order valence-electron chi connectivity index (χ0n) is 11.5. The number of nitrogens with one attached hydrogen (secondary N) is 1. The molecule has 1 aliphatic carbocycles. The SMILES string of the molecule is COCCn1cc(NC2CCc3cc(Br)ccc32)cn1. The molecule has 106 valence electrons. The van der Waals surface area contributed by atoms with Gasteiger partial charge in [-0.05, 0) is 36.1 Å². The highest BCUT2D eigenvalue weighted by Gasteiger charge is 2.22. The topological polar surface area (TPSA) is 39.1 Å². The van der Waals surface area contributed by atoms with Crippen LogP contribution < -0.4 is 5.32 Å². The number of halogens is 1. The maximum absolute atomic E-state index is 5.06. The predicted molar refractivity (Wildman–Crippen MR) is 82.9 cm³/mol. The quantitative estimate of drug-likeness (QED) is 0.910. The lowest BCUT2D eigenvalue weighted by Crippen LogP contribution is -2.07. The van der Waals surface area contributed by atoms with Crippen molar-refractivity contribution in [3.63, 3.8) is 0 Å². The first-order chi connectivity index (χ1) is 9.76. The summed E-state index contributed by atoms with van der Waals surface area (Å²) in [6, 6.07) is 6.93. The lowest BCUT2D eigenvalue weighted by atomic mass is 10.1. The van der Waals surface area contributed by atoms with Gasteiger partial charge in [-0.25, -0.2) is 0 Å². The standard InChI is InChI=1S/C15H18BrN3O/c1-20-7-6-19-10-13(9-17-19)18-15-5-2-11-8-12(16)3-4-14(11)15/h3-4,8-10,15,18H,2,5-7H2,1H3. The normalized spacial score (nSPS) is 17.2. The predicted octanol–water partition coefficient (Wildman–Crippen LogP) is 3.39. The van der Waals surface area contributed by atoms with Crippen LogP contribution in [0.5, 0.6) is 0 Å². The van der Waals surface area contributed by atoms with E-state index in [9.17, 15) is 0 Å². The summed E-state index contributed by atoms with van der Waals surface area (Å²) in [5.74, 6) is 0. The van der Waals surface area contributed by atoms with Gasteiger partial charge in [0.05, 0.1) is 31.1 Å². The molecule has 0 bridgehead atoms. The smallest absolute Gasteiger partial charge is 0.0731 e. The van der Waals surface area contributed by atoms with Gasteiger partial charge in [0.1, 0.15) is 0 Å². The lowest BCUT2D eigenvalue weighted by Gasteiger charge is -2.13. The summed E-state index contributed by atoms with van der Waals surface area (Å²) in [6.45, 7) is 1.47. The van der Waals surface area contributed by atoms with E-state index >= 15 is 0 Å². The molecule has 4 nitrogen and oxygen atoms in total. The van der Waals surface area contributed by atoms with Gasteiger partial charge in [-0.1, -0.05) is 22.0 Å². The largest absolute Gasteiger partial charge is 0.383 e. The number of hydrogen-bond donors (Lipinski definition) is 1. The molecule has 0 spiro atoms. The fourth-order valence-corrected chi connectivity index (χ4v) is 3.09. The first-order valence-corrected chi connectivity index (χ1v) is 7.62. The number of aryl methyl sites for hydroxylation is 1. The van der Waals surface area contributed by atoms with Crippen LogP contribution in [0.2, 0.25) is 0 Å². The molecule has 20 heavy (non-hydrogen) atoms. The van der Waals surface area contributed by atoms with Crippen molar-refractivity contribution in [2.24, 2.45) is 0 Å². The number of aromatic nitrogens is 2. The van der Waals surface area contributed by atoms with E-state index in [1.54, 1.807) is 7.11 Å². The Kier molecular flexibility index (Phi) is 4.08. The maximum Gasteiger partial charge on any atom is 0.0731 e. The third-order valence-corrected chi connectivity index (χ3v) is 4.17. The van der Waals surface area contributed by atoms with Crippen molar-refractivity contribution in [2.75, 3.05) is 19.0 Å². The number of anilines is 1. The van der Waals surface area contributed by atoms with Crippen molar-refractivity contribution in [3.05, 3.63) is 46.2 Å². The second-order valence-corrected chi connectivity index (χ2v) is 5.98. The zero-order chi connectivity index (χ0) is 13.9. The molecule has 0 fully saturated rings. The summed E-state index contributed by atoms with van der Waals surface area (Å²) in [6.07, 6.45) is 6.18. The van der Waals surface area contributed by atoms with Crippen LogP contribution >= 0.6 is 15.9 Å². The summed E-state index contributed by atoms with van der Waals surface area (Å²) >= 11 is 3.53. The van der Waals surface area contributed by atoms with E-state index in [1.807, 2.05) is 17.1 Å². The summed E-state index contributed by atoms with van der Waals surface area (Å²) in [7, 11) is 1.70.